The van der Waals surface area contributed by atoms with Gasteiger partial charge in [0, 0.05) is 25.5 Å². The number of nitrogens with one attached hydrogen (secondary N) is 1. The van der Waals surface area contributed by atoms with Crippen molar-refractivity contribution in [3.63, 3.8) is 0 Å². The van der Waals surface area contributed by atoms with Crippen LogP contribution in [0.1, 0.15) is 19.3 Å². The van der Waals surface area contributed by atoms with E-state index in [1.54, 1.807) is 18.2 Å². The first kappa shape index (κ1) is 16.6. The van der Waals surface area contributed by atoms with Gasteiger partial charge < -0.3 is 14.6 Å². The lowest BCUT2D eigenvalue weighted by Crippen LogP contribution is -2.49. The van der Waals surface area contributed by atoms with Gasteiger partial charge in [0.25, 0.3) is 0 Å². The second-order valence-corrected chi connectivity index (χ2v) is 4.93. The first-order valence-electron chi connectivity index (χ1n) is 7.15. The number of urea groups is 1. The number of benzene rings is 1. The van der Waals surface area contributed by atoms with E-state index in [4.69, 9.17) is 14.6 Å². The summed E-state index contributed by atoms with van der Waals surface area (Å²) in [6, 6.07) is 4.46. The Kier molecular flexibility index (Phi) is 5.40. The van der Waals surface area contributed by atoms with Gasteiger partial charge in [-0.05, 0) is 18.6 Å². The van der Waals surface area contributed by atoms with Crippen molar-refractivity contribution in [3.8, 4) is 11.5 Å². The highest BCUT2D eigenvalue weighted by molar-refractivity contribution is 6.06. The Labute approximate surface area is 133 Å². The largest absolute Gasteiger partial charge is 0.495 e. The fourth-order valence-corrected chi connectivity index (χ4v) is 2.18. The molecule has 2 N–H and O–H groups in total. The molecule has 23 heavy (non-hydrogen) atoms. The molecule has 8 heteroatoms. The number of aliphatic carboxylic acids is 1. The number of carboxylic acids is 1. The number of ether oxygens (including phenoxy) is 2. The number of methoxy groups -OCH3 is 1. The van der Waals surface area contributed by atoms with E-state index in [2.05, 4.69) is 5.32 Å². The van der Waals surface area contributed by atoms with Gasteiger partial charge in [0.05, 0.1) is 19.4 Å². The van der Waals surface area contributed by atoms with Crippen LogP contribution in [-0.4, -0.2) is 43.3 Å². The summed E-state index contributed by atoms with van der Waals surface area (Å²) in [4.78, 5) is 35.1. The predicted octanol–water partition coefficient (Wildman–Crippen LogP) is 1.39. The summed E-state index contributed by atoms with van der Waals surface area (Å²) in [5.74, 6) is -0.215. The number of nitrogens with zero attached hydrogens (tertiary/aromatic N) is 1. The van der Waals surface area contributed by atoms with Crippen molar-refractivity contribution in [3.05, 3.63) is 18.2 Å². The summed E-state index contributed by atoms with van der Waals surface area (Å²) < 4.78 is 10.7. The predicted molar refractivity (Wildman–Crippen MR) is 80.9 cm³/mol. The number of carboxylic acid groups (broad SMARTS) is 1. The highest BCUT2D eigenvalue weighted by atomic mass is 16.5. The van der Waals surface area contributed by atoms with Crippen LogP contribution in [0.25, 0.3) is 0 Å². The van der Waals surface area contributed by atoms with Gasteiger partial charge in [-0.15, -0.1) is 0 Å². The van der Waals surface area contributed by atoms with Gasteiger partial charge in [-0.2, -0.15) is 0 Å². The average molecular weight is 322 g/mol. The Morgan fingerprint density at radius 2 is 2.17 bits per heavy atom. The van der Waals surface area contributed by atoms with E-state index in [9.17, 15) is 14.4 Å². The minimum absolute atomic E-state index is 0.0274. The third-order valence-electron chi connectivity index (χ3n) is 3.30. The number of hydrogen-bond donors (Lipinski definition) is 2. The summed E-state index contributed by atoms with van der Waals surface area (Å²) in [7, 11) is 1.49. The average Bonchev–Trinajstić information content (AvgIpc) is 2.51. The minimum atomic E-state index is -0.876. The van der Waals surface area contributed by atoms with E-state index in [0.717, 1.165) is 0 Å². The maximum Gasteiger partial charge on any atom is 0.328 e. The summed E-state index contributed by atoms with van der Waals surface area (Å²) in [5.41, 5.74) is 0.494. The van der Waals surface area contributed by atoms with E-state index in [-0.39, 0.29) is 31.9 Å². The molecule has 0 saturated carbocycles. The van der Waals surface area contributed by atoms with Crippen LogP contribution in [0, 0.1) is 0 Å². The molecule has 8 nitrogen and oxygen atoms in total. The Morgan fingerprint density at radius 1 is 1.39 bits per heavy atom. The number of carbonyl (C=O) groups excluding carboxylic acids is 2. The number of carbonyl (C=O) groups is 3. The molecule has 0 atom stereocenters. The standard InChI is InChI=1S/C15H18N2O6/c1-22-12-5-4-10(23-8-2-3-14(19)20)9-11(12)17-7-6-13(18)16-15(17)21/h4-5,9H,2-3,6-8H2,1H3,(H,19,20)(H,16,18,21). The monoisotopic (exact) mass is 322 g/mol. The van der Waals surface area contributed by atoms with Gasteiger partial charge in [-0.25, -0.2) is 4.79 Å². The number of amides is 3. The van der Waals surface area contributed by atoms with Crippen LogP contribution in [0.3, 0.4) is 0 Å². The third kappa shape index (κ3) is 4.35. The lowest BCUT2D eigenvalue weighted by Gasteiger charge is -2.28. The summed E-state index contributed by atoms with van der Waals surface area (Å²) in [5, 5.41) is 10.8. The van der Waals surface area contributed by atoms with Crippen LogP contribution in [0.2, 0.25) is 0 Å². The molecule has 0 bridgehead atoms. The third-order valence-corrected chi connectivity index (χ3v) is 3.30. The normalized spacial score (nSPS) is 14.4. The van der Waals surface area contributed by atoms with Crippen LogP contribution in [0.5, 0.6) is 11.5 Å². The molecule has 1 aromatic rings. The van der Waals surface area contributed by atoms with Crippen molar-refractivity contribution in [1.29, 1.82) is 0 Å². The van der Waals surface area contributed by atoms with E-state index in [1.165, 1.54) is 12.0 Å². The van der Waals surface area contributed by atoms with Crippen molar-refractivity contribution in [2.24, 2.45) is 0 Å². The lowest BCUT2D eigenvalue weighted by atomic mass is 10.2. The molecule has 1 heterocycles. The first-order valence-corrected chi connectivity index (χ1v) is 7.15. The van der Waals surface area contributed by atoms with Gasteiger partial charge >= 0.3 is 12.0 Å². The van der Waals surface area contributed by atoms with E-state index < -0.39 is 12.0 Å². The maximum atomic E-state index is 12.0. The van der Waals surface area contributed by atoms with Crippen LogP contribution in [0.15, 0.2) is 18.2 Å². The summed E-state index contributed by atoms with van der Waals surface area (Å²) in [6.45, 7) is 0.506. The Morgan fingerprint density at radius 3 is 2.83 bits per heavy atom. The molecule has 0 spiro atoms. The quantitative estimate of drug-likeness (QED) is 0.735. The molecule has 1 fully saturated rings. The number of anilines is 1. The highest BCUT2D eigenvalue weighted by Gasteiger charge is 2.26. The van der Waals surface area contributed by atoms with Gasteiger partial charge in [0.2, 0.25) is 5.91 Å². The van der Waals surface area contributed by atoms with E-state index >= 15 is 0 Å². The maximum absolute atomic E-state index is 12.0. The van der Waals surface area contributed by atoms with Crippen molar-refractivity contribution >= 4 is 23.6 Å². The Hall–Kier alpha value is -2.77. The highest BCUT2D eigenvalue weighted by Crippen LogP contribution is 2.33. The second-order valence-electron chi connectivity index (χ2n) is 4.93. The molecule has 124 valence electrons. The molecular formula is C15H18N2O6. The van der Waals surface area contributed by atoms with E-state index in [1.807, 2.05) is 0 Å². The minimum Gasteiger partial charge on any atom is -0.495 e. The molecule has 0 aliphatic carbocycles. The van der Waals surface area contributed by atoms with Gasteiger partial charge in [0.1, 0.15) is 11.5 Å². The lowest BCUT2D eigenvalue weighted by molar-refractivity contribution is -0.137. The zero-order valence-electron chi connectivity index (χ0n) is 12.7. The van der Waals surface area contributed by atoms with Gasteiger partial charge in [-0.1, -0.05) is 0 Å². The van der Waals surface area contributed by atoms with E-state index in [0.29, 0.717) is 23.6 Å². The van der Waals surface area contributed by atoms with Crippen LogP contribution < -0.4 is 19.7 Å². The van der Waals surface area contributed by atoms with Crippen molar-refractivity contribution in [2.75, 3.05) is 25.2 Å². The SMILES string of the molecule is COc1ccc(OCCCC(=O)O)cc1N1CCC(=O)NC1=O. The number of rotatable bonds is 7. The molecule has 1 aliphatic rings. The molecule has 0 unspecified atom stereocenters. The molecule has 1 aliphatic heterocycles. The Balaban J connectivity index is 2.11. The molecule has 0 radical (unpaired) electrons. The fraction of sp³-hybridized carbons (Fsp3) is 0.400. The van der Waals surface area contributed by atoms with Gasteiger partial charge in [0.15, 0.2) is 0 Å². The molecular weight excluding hydrogens is 304 g/mol. The van der Waals surface area contributed by atoms with Crippen molar-refractivity contribution in [1.82, 2.24) is 5.32 Å². The molecule has 0 aromatic heterocycles. The summed E-state index contributed by atoms with van der Waals surface area (Å²) in [6.07, 6.45) is 0.619. The molecule has 2 rings (SSSR count). The fourth-order valence-electron chi connectivity index (χ4n) is 2.18. The van der Waals surface area contributed by atoms with Crippen molar-refractivity contribution in [2.45, 2.75) is 19.3 Å². The van der Waals surface area contributed by atoms with Crippen LogP contribution in [-0.2, 0) is 9.59 Å². The second kappa shape index (κ2) is 7.48. The summed E-state index contributed by atoms with van der Waals surface area (Å²) >= 11 is 0. The molecule has 1 aromatic carbocycles. The van der Waals surface area contributed by atoms with Gasteiger partial charge in [-0.3, -0.25) is 19.8 Å². The van der Waals surface area contributed by atoms with Crippen LogP contribution in [0.4, 0.5) is 10.5 Å². The number of imide groups is 1. The number of hydrogen-bond acceptors (Lipinski definition) is 5. The molecule has 3 amide bonds. The topological polar surface area (TPSA) is 105 Å². The smallest absolute Gasteiger partial charge is 0.328 e. The Bertz CT molecular complexity index is 616. The van der Waals surface area contributed by atoms with Crippen molar-refractivity contribution < 1.29 is 29.0 Å². The first-order chi connectivity index (χ1) is 11.0. The zero-order chi connectivity index (χ0) is 16.8. The zero-order valence-corrected chi connectivity index (χ0v) is 12.7. The van der Waals surface area contributed by atoms with Crippen LogP contribution >= 0.6 is 0 Å². The molecule has 1 saturated heterocycles.